The largest absolute Gasteiger partial charge is 0.477 e. The number of aromatic carboxylic acids is 1. The Hall–Kier alpha value is -2.74. The number of carboxylic acids is 1. The second-order valence-corrected chi connectivity index (χ2v) is 4.28. The van der Waals surface area contributed by atoms with Gasteiger partial charge in [0, 0.05) is 6.07 Å². The molecule has 1 aromatic carbocycles. The molecule has 0 spiro atoms. The predicted molar refractivity (Wildman–Crippen MR) is 72.5 cm³/mol. The number of hydrogen-bond donors (Lipinski definition) is 2. The minimum absolute atomic E-state index is 0.0276. The lowest BCUT2D eigenvalue weighted by atomic mass is 10.2. The van der Waals surface area contributed by atoms with Gasteiger partial charge in [0.25, 0.3) is 0 Å². The summed E-state index contributed by atoms with van der Waals surface area (Å²) < 4.78 is 13.7. The predicted octanol–water partition coefficient (Wildman–Crippen LogP) is 3.22. The molecule has 2 aromatic rings. The SMILES string of the molecule is O=C(O)c1cc(Nc2cccc(Cl)c2F)ncc1[N+](=O)[O-]. The lowest BCUT2D eigenvalue weighted by molar-refractivity contribution is -0.385. The fourth-order valence-electron chi connectivity index (χ4n) is 1.57. The molecule has 0 radical (unpaired) electrons. The number of hydrogen-bond acceptors (Lipinski definition) is 5. The van der Waals surface area contributed by atoms with Gasteiger partial charge in [-0.3, -0.25) is 10.1 Å². The summed E-state index contributed by atoms with van der Waals surface area (Å²) in [6.45, 7) is 0. The normalized spacial score (nSPS) is 10.2. The van der Waals surface area contributed by atoms with Crippen molar-refractivity contribution in [2.45, 2.75) is 0 Å². The number of nitro groups is 1. The van der Waals surface area contributed by atoms with Crippen LogP contribution >= 0.6 is 11.6 Å². The Morgan fingerprint density at radius 2 is 2.19 bits per heavy atom. The van der Waals surface area contributed by atoms with Crippen LogP contribution < -0.4 is 5.32 Å². The summed E-state index contributed by atoms with van der Waals surface area (Å²) in [5.74, 6) is -2.28. The molecule has 1 aromatic heterocycles. The highest BCUT2D eigenvalue weighted by Gasteiger charge is 2.21. The highest BCUT2D eigenvalue weighted by molar-refractivity contribution is 6.31. The zero-order chi connectivity index (χ0) is 15.6. The Bertz CT molecular complexity index is 738. The molecule has 1 heterocycles. The first-order valence-corrected chi connectivity index (χ1v) is 5.86. The van der Waals surface area contributed by atoms with Gasteiger partial charge in [0.2, 0.25) is 0 Å². The number of anilines is 2. The molecule has 2 N–H and O–H groups in total. The van der Waals surface area contributed by atoms with Crippen molar-refractivity contribution in [3.8, 4) is 0 Å². The summed E-state index contributed by atoms with van der Waals surface area (Å²) in [5, 5.41) is 22.0. The van der Waals surface area contributed by atoms with Gasteiger partial charge in [-0.25, -0.2) is 14.2 Å². The number of pyridine rings is 1. The Labute approximate surface area is 122 Å². The standard InChI is InChI=1S/C12H7ClFN3O4/c13-7-2-1-3-8(11(7)14)16-10-4-6(12(18)19)9(5-15-10)17(20)21/h1-5H,(H,15,16)(H,18,19). The molecule has 7 nitrogen and oxygen atoms in total. The van der Waals surface area contributed by atoms with Crippen LogP contribution in [-0.2, 0) is 0 Å². The molecule has 0 bridgehead atoms. The molecule has 0 saturated heterocycles. The first-order valence-electron chi connectivity index (χ1n) is 5.49. The van der Waals surface area contributed by atoms with Crippen LogP contribution in [-0.4, -0.2) is 21.0 Å². The van der Waals surface area contributed by atoms with Gasteiger partial charge < -0.3 is 10.4 Å². The Balaban J connectivity index is 2.42. The highest BCUT2D eigenvalue weighted by atomic mass is 35.5. The highest BCUT2D eigenvalue weighted by Crippen LogP contribution is 2.26. The van der Waals surface area contributed by atoms with Gasteiger partial charge in [-0.15, -0.1) is 0 Å². The van der Waals surface area contributed by atoms with E-state index in [1.807, 2.05) is 0 Å². The zero-order valence-electron chi connectivity index (χ0n) is 10.2. The minimum Gasteiger partial charge on any atom is -0.477 e. The van der Waals surface area contributed by atoms with Crippen LogP contribution in [0.1, 0.15) is 10.4 Å². The molecule has 0 unspecified atom stereocenters. The zero-order valence-corrected chi connectivity index (χ0v) is 11.0. The van der Waals surface area contributed by atoms with Crippen molar-refractivity contribution in [2.75, 3.05) is 5.32 Å². The molecule has 0 amide bonds. The molecule has 0 atom stereocenters. The van der Waals surface area contributed by atoms with Crippen LogP contribution in [0.25, 0.3) is 0 Å². The van der Waals surface area contributed by atoms with Crippen LogP contribution in [0.2, 0.25) is 5.02 Å². The van der Waals surface area contributed by atoms with Crippen molar-refractivity contribution < 1.29 is 19.2 Å². The van der Waals surface area contributed by atoms with Crippen LogP contribution in [0.3, 0.4) is 0 Å². The summed E-state index contributed by atoms with van der Waals surface area (Å²) in [7, 11) is 0. The van der Waals surface area contributed by atoms with Gasteiger partial charge in [-0.2, -0.15) is 0 Å². The summed E-state index contributed by atoms with van der Waals surface area (Å²) >= 11 is 5.61. The average Bonchev–Trinajstić information content (AvgIpc) is 2.43. The molecule has 0 saturated carbocycles. The quantitative estimate of drug-likeness (QED) is 0.663. The Kier molecular flexibility index (Phi) is 3.99. The van der Waals surface area contributed by atoms with Gasteiger partial charge in [-0.05, 0) is 12.1 Å². The molecular formula is C12H7ClFN3O4. The molecule has 108 valence electrons. The van der Waals surface area contributed by atoms with E-state index in [1.54, 1.807) is 0 Å². The smallest absolute Gasteiger partial charge is 0.342 e. The fourth-order valence-corrected chi connectivity index (χ4v) is 1.75. The van der Waals surface area contributed by atoms with Gasteiger partial charge in [0.15, 0.2) is 5.82 Å². The van der Waals surface area contributed by atoms with Crippen molar-refractivity contribution in [1.82, 2.24) is 4.98 Å². The van der Waals surface area contributed by atoms with Crippen LogP contribution in [0, 0.1) is 15.9 Å². The van der Waals surface area contributed by atoms with E-state index in [4.69, 9.17) is 16.7 Å². The van der Waals surface area contributed by atoms with Crippen molar-refractivity contribution >= 4 is 34.8 Å². The van der Waals surface area contributed by atoms with Crippen molar-refractivity contribution in [3.63, 3.8) is 0 Å². The summed E-state index contributed by atoms with van der Waals surface area (Å²) in [6, 6.07) is 5.14. The van der Waals surface area contributed by atoms with Gasteiger partial charge in [-0.1, -0.05) is 17.7 Å². The molecule has 2 rings (SSSR count). The van der Waals surface area contributed by atoms with E-state index in [-0.39, 0.29) is 16.5 Å². The van der Waals surface area contributed by atoms with Gasteiger partial charge in [0.1, 0.15) is 17.6 Å². The lowest BCUT2D eigenvalue weighted by Crippen LogP contribution is -2.05. The minimum atomic E-state index is -1.49. The van der Waals surface area contributed by atoms with Crippen molar-refractivity contribution in [3.05, 3.63) is 57.0 Å². The van der Waals surface area contributed by atoms with Gasteiger partial charge >= 0.3 is 11.7 Å². The number of rotatable bonds is 4. The second kappa shape index (κ2) is 5.71. The topological polar surface area (TPSA) is 105 Å². The maximum Gasteiger partial charge on any atom is 0.342 e. The van der Waals surface area contributed by atoms with E-state index in [1.165, 1.54) is 18.2 Å². The molecule has 9 heteroatoms. The number of carbonyl (C=O) groups is 1. The van der Waals surface area contributed by atoms with E-state index in [0.717, 1.165) is 12.3 Å². The number of aromatic nitrogens is 1. The molecule has 0 aliphatic heterocycles. The number of nitrogens with zero attached hydrogens (tertiary/aromatic N) is 2. The number of carboxylic acid groups (broad SMARTS) is 1. The average molecular weight is 312 g/mol. The van der Waals surface area contributed by atoms with Crippen LogP contribution in [0.15, 0.2) is 30.5 Å². The first kappa shape index (κ1) is 14.7. The lowest BCUT2D eigenvalue weighted by Gasteiger charge is -2.08. The molecular weight excluding hydrogens is 305 g/mol. The third-order valence-electron chi connectivity index (χ3n) is 2.52. The van der Waals surface area contributed by atoms with Crippen molar-refractivity contribution in [1.29, 1.82) is 0 Å². The van der Waals surface area contributed by atoms with Crippen molar-refractivity contribution in [2.24, 2.45) is 0 Å². The summed E-state index contributed by atoms with van der Waals surface area (Å²) in [4.78, 5) is 24.5. The van der Waals surface area contributed by atoms with Crippen LogP contribution in [0.4, 0.5) is 21.6 Å². The molecule has 0 aliphatic rings. The monoisotopic (exact) mass is 311 g/mol. The Morgan fingerprint density at radius 1 is 1.48 bits per heavy atom. The van der Waals surface area contributed by atoms with E-state index >= 15 is 0 Å². The van der Waals surface area contributed by atoms with E-state index in [2.05, 4.69) is 10.3 Å². The van der Waals surface area contributed by atoms with E-state index in [9.17, 15) is 19.3 Å². The molecule has 21 heavy (non-hydrogen) atoms. The Morgan fingerprint density at radius 3 is 2.81 bits per heavy atom. The molecule has 0 aliphatic carbocycles. The first-order chi connectivity index (χ1) is 9.90. The van der Waals surface area contributed by atoms with E-state index in [0.29, 0.717) is 0 Å². The number of nitrogens with one attached hydrogen (secondary N) is 1. The number of halogens is 2. The van der Waals surface area contributed by atoms with Gasteiger partial charge in [0.05, 0.1) is 15.6 Å². The third-order valence-corrected chi connectivity index (χ3v) is 2.82. The maximum absolute atomic E-state index is 13.7. The second-order valence-electron chi connectivity index (χ2n) is 3.88. The van der Waals surface area contributed by atoms with E-state index < -0.39 is 28.0 Å². The third kappa shape index (κ3) is 3.06. The summed E-state index contributed by atoms with van der Waals surface area (Å²) in [5.41, 5.74) is -1.24. The molecule has 0 fully saturated rings. The number of benzene rings is 1. The van der Waals surface area contributed by atoms with Crippen LogP contribution in [0.5, 0.6) is 0 Å². The summed E-state index contributed by atoms with van der Waals surface area (Å²) in [6.07, 6.45) is 0.786. The fraction of sp³-hybridized carbons (Fsp3) is 0. The maximum atomic E-state index is 13.7.